The molecule has 2 nitrogen and oxygen atoms in total. The molecule has 3 heteroatoms. The third-order valence-electron chi connectivity index (χ3n) is 5.53. The van der Waals surface area contributed by atoms with Gasteiger partial charge in [-0.15, -0.1) is 0 Å². The highest BCUT2D eigenvalue weighted by Gasteiger charge is 2.40. The first-order chi connectivity index (χ1) is 13.9. The molecule has 0 N–H and O–H groups in total. The summed E-state index contributed by atoms with van der Waals surface area (Å²) in [6.07, 6.45) is 19.5. The predicted molar refractivity (Wildman–Crippen MR) is 126 cm³/mol. The number of allylic oxidation sites excluding steroid dienone is 5. The highest BCUT2D eigenvalue weighted by Crippen LogP contribution is 2.34. The fourth-order valence-corrected chi connectivity index (χ4v) is 4.41. The summed E-state index contributed by atoms with van der Waals surface area (Å²) in [7, 11) is 0. The van der Waals surface area contributed by atoms with Crippen LogP contribution in [0.1, 0.15) is 58.4 Å². The Balaban J connectivity index is 1.68. The van der Waals surface area contributed by atoms with Crippen molar-refractivity contribution in [3.8, 4) is 0 Å². The van der Waals surface area contributed by atoms with Gasteiger partial charge in [0.05, 0.1) is 0 Å². The lowest BCUT2D eigenvalue weighted by Gasteiger charge is -2.18. The molecule has 1 heterocycles. The fourth-order valence-electron chi connectivity index (χ4n) is 4.00. The lowest BCUT2D eigenvalue weighted by atomic mass is 9.89. The van der Waals surface area contributed by atoms with E-state index in [4.69, 9.17) is 9.47 Å². The molecular weight excluding hydrogens is 424 g/mol. The molecule has 1 aliphatic carbocycles. The van der Waals surface area contributed by atoms with E-state index in [9.17, 15) is 0 Å². The standard InChI is InChI=1S/C26H33BrO2/c1-20(11-10-16-21-12-6-4-7-13-21)25-24(28-26(2,3)29-25)19-23(27)18-17-22-14-8-5-9-15-22/h4,6-7,10-13,16-19,22,24-25H,5,8-9,14-15H2,1-3H3/b16-10+,18-17+,20-11+,23-19-/t24-,25-/m1/s1. The van der Waals surface area contributed by atoms with Crippen LogP contribution < -0.4 is 0 Å². The molecule has 0 aromatic heterocycles. The zero-order valence-electron chi connectivity index (χ0n) is 17.8. The van der Waals surface area contributed by atoms with E-state index >= 15 is 0 Å². The lowest BCUT2D eigenvalue weighted by molar-refractivity contribution is -0.139. The van der Waals surface area contributed by atoms with Gasteiger partial charge in [0.2, 0.25) is 0 Å². The Morgan fingerprint density at radius 2 is 1.79 bits per heavy atom. The largest absolute Gasteiger partial charge is 0.340 e. The van der Waals surface area contributed by atoms with Crippen LogP contribution >= 0.6 is 15.9 Å². The van der Waals surface area contributed by atoms with E-state index in [1.165, 1.54) is 37.7 Å². The number of rotatable bonds is 6. The minimum absolute atomic E-state index is 0.0962. The van der Waals surface area contributed by atoms with Gasteiger partial charge in [-0.3, -0.25) is 0 Å². The van der Waals surface area contributed by atoms with Gasteiger partial charge in [-0.2, -0.15) is 0 Å². The first-order valence-electron chi connectivity index (χ1n) is 10.7. The number of hydrogen-bond donors (Lipinski definition) is 0. The molecule has 0 bridgehead atoms. The molecule has 1 aliphatic heterocycles. The average Bonchev–Trinajstić information content (AvgIpc) is 3.02. The van der Waals surface area contributed by atoms with Gasteiger partial charge in [0.15, 0.2) is 5.79 Å². The quantitative estimate of drug-likeness (QED) is 0.410. The summed E-state index contributed by atoms with van der Waals surface area (Å²) in [5, 5.41) is 0. The van der Waals surface area contributed by atoms with Crippen molar-refractivity contribution in [3.05, 3.63) is 76.3 Å². The normalized spacial score (nSPS) is 26.6. The van der Waals surface area contributed by atoms with Gasteiger partial charge in [-0.1, -0.05) is 95.9 Å². The molecule has 1 saturated carbocycles. The highest BCUT2D eigenvalue weighted by atomic mass is 79.9. The zero-order valence-corrected chi connectivity index (χ0v) is 19.4. The SMILES string of the molecule is C/C(=C\C=C\c1ccccc1)[C@H]1OC(C)(C)O[C@@H]1/C=C(Br)/C=C/C1CCCCC1. The van der Waals surface area contributed by atoms with Crippen molar-refractivity contribution in [2.24, 2.45) is 5.92 Å². The van der Waals surface area contributed by atoms with Gasteiger partial charge in [0, 0.05) is 4.48 Å². The van der Waals surface area contributed by atoms with Crippen LogP contribution in [-0.4, -0.2) is 18.0 Å². The van der Waals surface area contributed by atoms with E-state index in [0.717, 1.165) is 10.1 Å². The first kappa shape index (κ1) is 22.3. The van der Waals surface area contributed by atoms with Crippen molar-refractivity contribution >= 4 is 22.0 Å². The summed E-state index contributed by atoms with van der Waals surface area (Å²) in [6, 6.07) is 10.3. The zero-order chi connectivity index (χ0) is 20.7. The van der Waals surface area contributed by atoms with Crippen LogP contribution in [0, 0.1) is 5.92 Å². The van der Waals surface area contributed by atoms with Gasteiger partial charge in [-0.05, 0) is 56.7 Å². The summed E-state index contributed by atoms with van der Waals surface area (Å²) < 4.78 is 13.5. The predicted octanol–water partition coefficient (Wildman–Crippen LogP) is 7.58. The van der Waals surface area contributed by atoms with Gasteiger partial charge < -0.3 is 9.47 Å². The van der Waals surface area contributed by atoms with Crippen LogP contribution in [0.15, 0.2) is 70.8 Å². The molecule has 29 heavy (non-hydrogen) atoms. The topological polar surface area (TPSA) is 18.5 Å². The van der Waals surface area contributed by atoms with E-state index in [1.54, 1.807) is 0 Å². The minimum atomic E-state index is -0.593. The van der Waals surface area contributed by atoms with E-state index < -0.39 is 5.79 Å². The Hall–Kier alpha value is -1.42. The molecule has 2 atom stereocenters. The summed E-state index contributed by atoms with van der Waals surface area (Å²) in [6.45, 7) is 6.07. The van der Waals surface area contributed by atoms with Crippen LogP contribution in [0.3, 0.4) is 0 Å². The third-order valence-corrected chi connectivity index (χ3v) is 6.05. The third kappa shape index (κ3) is 7.09. The lowest BCUT2D eigenvalue weighted by Crippen LogP contribution is -2.22. The van der Waals surface area contributed by atoms with Crippen molar-refractivity contribution in [2.45, 2.75) is 70.9 Å². The first-order valence-corrected chi connectivity index (χ1v) is 11.5. The van der Waals surface area contributed by atoms with E-state index in [0.29, 0.717) is 5.92 Å². The Morgan fingerprint density at radius 3 is 2.52 bits per heavy atom. The van der Waals surface area contributed by atoms with Crippen molar-refractivity contribution in [1.29, 1.82) is 0 Å². The Labute approximate surface area is 184 Å². The summed E-state index contributed by atoms with van der Waals surface area (Å²) >= 11 is 3.72. The molecule has 0 unspecified atom stereocenters. The van der Waals surface area contributed by atoms with Crippen LogP contribution in [0.25, 0.3) is 6.08 Å². The Bertz CT molecular complexity index is 767. The van der Waals surface area contributed by atoms with Crippen LogP contribution in [0.5, 0.6) is 0 Å². The van der Waals surface area contributed by atoms with Gasteiger partial charge in [0.25, 0.3) is 0 Å². The van der Waals surface area contributed by atoms with E-state index in [1.807, 2.05) is 32.0 Å². The second kappa shape index (κ2) is 10.6. The van der Waals surface area contributed by atoms with Crippen molar-refractivity contribution in [2.75, 3.05) is 0 Å². The molecule has 1 aromatic carbocycles. The molecule has 2 aliphatic rings. The number of ether oxygens (including phenoxy) is 2. The Kier molecular flexibility index (Phi) is 8.11. The highest BCUT2D eigenvalue weighted by molar-refractivity contribution is 9.11. The van der Waals surface area contributed by atoms with Crippen LogP contribution in [0.4, 0.5) is 0 Å². The summed E-state index contributed by atoms with van der Waals surface area (Å²) in [5.41, 5.74) is 2.34. The fraction of sp³-hybridized carbons (Fsp3) is 0.462. The smallest absolute Gasteiger partial charge is 0.164 e. The van der Waals surface area contributed by atoms with Crippen molar-refractivity contribution in [1.82, 2.24) is 0 Å². The number of benzene rings is 1. The average molecular weight is 457 g/mol. The maximum atomic E-state index is 6.21. The van der Waals surface area contributed by atoms with Gasteiger partial charge in [-0.25, -0.2) is 0 Å². The van der Waals surface area contributed by atoms with Crippen LogP contribution in [-0.2, 0) is 9.47 Å². The van der Waals surface area contributed by atoms with Crippen LogP contribution in [0.2, 0.25) is 0 Å². The monoisotopic (exact) mass is 456 g/mol. The molecule has 1 saturated heterocycles. The number of hydrogen-bond acceptors (Lipinski definition) is 2. The van der Waals surface area contributed by atoms with Gasteiger partial charge in [0.1, 0.15) is 12.2 Å². The summed E-state index contributed by atoms with van der Waals surface area (Å²) in [5.74, 6) is 0.118. The molecular formula is C26H33BrO2. The minimum Gasteiger partial charge on any atom is -0.340 e. The molecule has 0 spiro atoms. The molecule has 3 rings (SSSR count). The second-order valence-electron chi connectivity index (χ2n) is 8.51. The molecule has 0 amide bonds. The van der Waals surface area contributed by atoms with Gasteiger partial charge >= 0.3 is 0 Å². The molecule has 0 radical (unpaired) electrons. The molecule has 156 valence electrons. The van der Waals surface area contributed by atoms with Crippen molar-refractivity contribution < 1.29 is 9.47 Å². The van der Waals surface area contributed by atoms with Crippen molar-refractivity contribution in [3.63, 3.8) is 0 Å². The maximum absolute atomic E-state index is 6.21. The summed E-state index contributed by atoms with van der Waals surface area (Å²) in [4.78, 5) is 0. The molecule has 1 aromatic rings. The van der Waals surface area contributed by atoms with E-state index in [-0.39, 0.29) is 12.2 Å². The number of halogens is 1. The maximum Gasteiger partial charge on any atom is 0.164 e. The Morgan fingerprint density at radius 1 is 1.07 bits per heavy atom. The molecule has 2 fully saturated rings. The second-order valence-corrected chi connectivity index (χ2v) is 9.43. The van der Waals surface area contributed by atoms with E-state index in [2.05, 4.69) is 71.4 Å².